The molecule has 1 amide bonds. The van der Waals surface area contributed by atoms with Crippen molar-refractivity contribution in [2.75, 3.05) is 21.3 Å². The summed E-state index contributed by atoms with van der Waals surface area (Å²) < 4.78 is 15.7. The van der Waals surface area contributed by atoms with Gasteiger partial charge in [-0.1, -0.05) is 37.3 Å². The fourth-order valence-electron chi connectivity index (χ4n) is 2.33. The lowest BCUT2D eigenvalue weighted by Gasteiger charge is -2.13. The number of methoxy groups -OCH3 is 3. The Kier molecular flexibility index (Phi) is 6.39. The van der Waals surface area contributed by atoms with E-state index in [4.69, 9.17) is 14.2 Å². The van der Waals surface area contributed by atoms with E-state index in [2.05, 4.69) is 10.5 Å². The number of nitrogens with one attached hydrogen (secondary N) is 1. The van der Waals surface area contributed by atoms with Crippen molar-refractivity contribution >= 4 is 12.1 Å². The van der Waals surface area contributed by atoms with E-state index in [1.807, 2.05) is 37.3 Å². The Bertz CT molecular complexity index is 719. The highest BCUT2D eigenvalue weighted by Gasteiger charge is 2.16. The van der Waals surface area contributed by atoms with Gasteiger partial charge in [0.2, 0.25) is 5.75 Å². The monoisotopic (exact) mass is 342 g/mol. The zero-order valence-electron chi connectivity index (χ0n) is 14.8. The molecule has 0 unspecified atom stereocenters. The van der Waals surface area contributed by atoms with Crippen molar-refractivity contribution in [3.05, 3.63) is 53.6 Å². The van der Waals surface area contributed by atoms with Crippen LogP contribution in [0.5, 0.6) is 17.2 Å². The second-order valence-electron chi connectivity index (χ2n) is 5.33. The number of amides is 1. The standard InChI is InChI=1S/C19H22N2O4/c1-13(14-8-6-5-7-9-14)12-20-21-19(22)15-10-16(23-2)18(25-4)17(11-15)24-3/h5-13H,1-4H3,(H,21,22)/b20-12-/t13-/m1/s1. The number of nitrogens with zero attached hydrogens (tertiary/aromatic N) is 1. The molecule has 0 saturated heterocycles. The molecule has 6 heteroatoms. The number of hydrazone groups is 1. The van der Waals surface area contributed by atoms with Gasteiger partial charge in [0.15, 0.2) is 11.5 Å². The van der Waals surface area contributed by atoms with Crippen molar-refractivity contribution < 1.29 is 19.0 Å². The third-order valence-electron chi connectivity index (χ3n) is 3.72. The van der Waals surface area contributed by atoms with Crippen LogP contribution in [0.2, 0.25) is 0 Å². The molecule has 0 radical (unpaired) electrons. The molecule has 0 aliphatic rings. The van der Waals surface area contributed by atoms with Crippen molar-refractivity contribution in [1.29, 1.82) is 0 Å². The van der Waals surface area contributed by atoms with Crippen LogP contribution in [0.3, 0.4) is 0 Å². The van der Waals surface area contributed by atoms with Gasteiger partial charge in [-0.2, -0.15) is 5.10 Å². The first kappa shape index (κ1) is 18.3. The van der Waals surface area contributed by atoms with Crippen molar-refractivity contribution in [1.82, 2.24) is 5.43 Å². The van der Waals surface area contributed by atoms with Crippen molar-refractivity contribution in [2.45, 2.75) is 12.8 Å². The van der Waals surface area contributed by atoms with E-state index in [-0.39, 0.29) is 11.8 Å². The molecule has 0 fully saturated rings. The predicted molar refractivity (Wildman–Crippen MR) is 96.9 cm³/mol. The minimum absolute atomic E-state index is 0.0847. The zero-order valence-corrected chi connectivity index (χ0v) is 14.8. The number of hydrogen-bond donors (Lipinski definition) is 1. The van der Waals surface area contributed by atoms with Crippen LogP contribution in [0, 0.1) is 0 Å². The summed E-state index contributed by atoms with van der Waals surface area (Å²) in [6, 6.07) is 13.1. The van der Waals surface area contributed by atoms with Gasteiger partial charge in [-0.15, -0.1) is 0 Å². The second kappa shape index (κ2) is 8.73. The maximum atomic E-state index is 12.3. The van der Waals surface area contributed by atoms with E-state index in [1.54, 1.807) is 18.3 Å². The third kappa shape index (κ3) is 4.50. The van der Waals surface area contributed by atoms with Gasteiger partial charge in [0, 0.05) is 17.7 Å². The number of carbonyl (C=O) groups is 1. The molecule has 2 aromatic carbocycles. The Hall–Kier alpha value is -3.02. The molecule has 0 aromatic heterocycles. The quantitative estimate of drug-likeness (QED) is 0.619. The highest BCUT2D eigenvalue weighted by atomic mass is 16.5. The summed E-state index contributed by atoms with van der Waals surface area (Å²) in [6.45, 7) is 2.00. The number of rotatable bonds is 7. The van der Waals surface area contributed by atoms with Crippen molar-refractivity contribution in [3.8, 4) is 17.2 Å². The topological polar surface area (TPSA) is 69.2 Å². The molecule has 25 heavy (non-hydrogen) atoms. The van der Waals surface area contributed by atoms with Crippen LogP contribution in [0.1, 0.15) is 28.8 Å². The molecule has 1 N–H and O–H groups in total. The molecule has 0 saturated carbocycles. The maximum Gasteiger partial charge on any atom is 0.271 e. The summed E-state index contributed by atoms with van der Waals surface area (Å²) in [5.74, 6) is 0.974. The van der Waals surface area contributed by atoms with Gasteiger partial charge in [-0.25, -0.2) is 5.43 Å². The molecule has 0 bridgehead atoms. The van der Waals surface area contributed by atoms with E-state index in [0.717, 1.165) is 5.56 Å². The largest absolute Gasteiger partial charge is 0.493 e. The fraction of sp³-hybridized carbons (Fsp3) is 0.263. The van der Waals surface area contributed by atoms with Gasteiger partial charge in [-0.3, -0.25) is 4.79 Å². The Balaban J connectivity index is 2.11. The lowest BCUT2D eigenvalue weighted by atomic mass is 10.0. The van der Waals surface area contributed by atoms with Crippen molar-refractivity contribution in [3.63, 3.8) is 0 Å². The SMILES string of the molecule is COc1cc(C(=O)N/N=C\[C@@H](C)c2ccccc2)cc(OC)c1OC. The van der Waals surface area contributed by atoms with Crippen LogP contribution < -0.4 is 19.6 Å². The van der Waals surface area contributed by atoms with Crippen LogP contribution >= 0.6 is 0 Å². The summed E-state index contributed by atoms with van der Waals surface area (Å²) in [4.78, 5) is 12.3. The Morgan fingerprint density at radius 3 is 2.16 bits per heavy atom. The number of hydrogen-bond acceptors (Lipinski definition) is 5. The molecular weight excluding hydrogens is 320 g/mol. The summed E-state index contributed by atoms with van der Waals surface area (Å²) in [5, 5.41) is 4.04. The van der Waals surface area contributed by atoms with Crippen LogP contribution in [0.4, 0.5) is 0 Å². The number of carbonyl (C=O) groups excluding carboxylic acids is 1. The average molecular weight is 342 g/mol. The molecule has 132 valence electrons. The first-order chi connectivity index (χ1) is 12.1. The molecular formula is C19H22N2O4. The lowest BCUT2D eigenvalue weighted by molar-refractivity contribution is 0.0954. The minimum atomic E-state index is -0.365. The Morgan fingerprint density at radius 2 is 1.64 bits per heavy atom. The predicted octanol–water partition coefficient (Wildman–Crippen LogP) is 3.23. The first-order valence-electron chi connectivity index (χ1n) is 7.79. The summed E-state index contributed by atoms with van der Waals surface area (Å²) in [7, 11) is 4.51. The van der Waals surface area contributed by atoms with Crippen LogP contribution in [-0.4, -0.2) is 33.5 Å². The number of ether oxygens (including phenoxy) is 3. The van der Waals surface area contributed by atoms with Crippen LogP contribution in [0.25, 0.3) is 0 Å². The van der Waals surface area contributed by atoms with Gasteiger partial charge in [0.25, 0.3) is 5.91 Å². The summed E-state index contributed by atoms with van der Waals surface area (Å²) in [5.41, 5.74) is 4.00. The van der Waals surface area contributed by atoms with Gasteiger partial charge in [0.05, 0.1) is 21.3 Å². The van der Waals surface area contributed by atoms with E-state index < -0.39 is 0 Å². The molecule has 0 spiro atoms. The molecule has 2 aromatic rings. The smallest absolute Gasteiger partial charge is 0.271 e. The third-order valence-corrected chi connectivity index (χ3v) is 3.72. The molecule has 2 rings (SSSR count). The molecule has 0 aliphatic heterocycles. The lowest BCUT2D eigenvalue weighted by Crippen LogP contribution is -2.18. The first-order valence-corrected chi connectivity index (χ1v) is 7.79. The highest BCUT2D eigenvalue weighted by molar-refractivity contribution is 5.95. The average Bonchev–Trinajstić information content (AvgIpc) is 2.67. The molecule has 0 heterocycles. The summed E-state index contributed by atoms with van der Waals surface area (Å²) in [6.07, 6.45) is 1.69. The van der Waals surface area contributed by atoms with Gasteiger partial charge in [-0.05, 0) is 17.7 Å². The summed E-state index contributed by atoms with van der Waals surface area (Å²) >= 11 is 0. The van der Waals surface area contributed by atoms with E-state index >= 15 is 0 Å². The molecule has 0 aliphatic carbocycles. The Labute approximate surface area is 147 Å². The molecule has 6 nitrogen and oxygen atoms in total. The molecule has 1 atom stereocenters. The van der Waals surface area contributed by atoms with Gasteiger partial charge < -0.3 is 14.2 Å². The van der Waals surface area contributed by atoms with Crippen molar-refractivity contribution in [2.24, 2.45) is 5.10 Å². The Morgan fingerprint density at radius 1 is 1.04 bits per heavy atom. The second-order valence-corrected chi connectivity index (χ2v) is 5.33. The van der Waals surface area contributed by atoms with E-state index in [0.29, 0.717) is 22.8 Å². The zero-order chi connectivity index (χ0) is 18.2. The van der Waals surface area contributed by atoms with E-state index in [9.17, 15) is 4.79 Å². The van der Waals surface area contributed by atoms with Gasteiger partial charge in [0.1, 0.15) is 0 Å². The van der Waals surface area contributed by atoms with Crippen LogP contribution in [-0.2, 0) is 0 Å². The highest BCUT2D eigenvalue weighted by Crippen LogP contribution is 2.38. The van der Waals surface area contributed by atoms with Gasteiger partial charge >= 0.3 is 0 Å². The maximum absolute atomic E-state index is 12.3. The number of benzene rings is 2. The van der Waals surface area contributed by atoms with E-state index in [1.165, 1.54) is 21.3 Å². The van der Waals surface area contributed by atoms with Crippen LogP contribution in [0.15, 0.2) is 47.6 Å². The minimum Gasteiger partial charge on any atom is -0.493 e. The fourth-order valence-corrected chi connectivity index (χ4v) is 2.33. The normalized spacial score (nSPS) is 11.8.